The van der Waals surface area contributed by atoms with Gasteiger partial charge in [-0.2, -0.15) is 0 Å². The molecule has 3 heterocycles. The number of hydrogen-bond donors (Lipinski definition) is 2. The highest BCUT2D eigenvalue weighted by Crippen LogP contribution is 2.35. The number of nitrogens with zero attached hydrogens (tertiary/aromatic N) is 3. The van der Waals surface area contributed by atoms with Crippen LogP contribution < -0.4 is 20.1 Å². The number of carbonyl (C=O) groups is 2. The molecular formula is C29H32ClN5O5S. The van der Waals surface area contributed by atoms with Crippen LogP contribution in [0.25, 0.3) is 6.08 Å². The fourth-order valence-electron chi connectivity index (χ4n) is 4.01. The van der Waals surface area contributed by atoms with Crippen LogP contribution in [0.2, 0.25) is 5.02 Å². The maximum Gasteiger partial charge on any atom is 0.279 e. The normalized spacial score (nSPS) is 15.5. The van der Waals surface area contributed by atoms with Gasteiger partial charge in [0.25, 0.3) is 17.0 Å². The topological polar surface area (TPSA) is 115 Å². The zero-order chi connectivity index (χ0) is 28.4. The Hall–Kier alpha value is -3.51. The molecule has 12 heteroatoms. The van der Waals surface area contributed by atoms with Crippen LogP contribution in [0.5, 0.6) is 16.7 Å². The molecule has 1 saturated carbocycles. The summed E-state index contributed by atoms with van der Waals surface area (Å²) in [5, 5.41) is 6.59. The summed E-state index contributed by atoms with van der Waals surface area (Å²) in [5.41, 5.74) is 0.564. The van der Waals surface area contributed by atoms with Gasteiger partial charge in [-0.3, -0.25) is 19.5 Å². The van der Waals surface area contributed by atoms with Crippen molar-refractivity contribution >= 4 is 40.8 Å². The van der Waals surface area contributed by atoms with E-state index < -0.39 is 0 Å². The summed E-state index contributed by atoms with van der Waals surface area (Å²) in [4.78, 5) is 36.6. The van der Waals surface area contributed by atoms with E-state index in [9.17, 15) is 9.59 Å². The van der Waals surface area contributed by atoms with E-state index >= 15 is 0 Å². The van der Waals surface area contributed by atoms with Crippen molar-refractivity contribution in [1.82, 2.24) is 25.5 Å². The van der Waals surface area contributed by atoms with E-state index in [4.69, 9.17) is 25.8 Å². The van der Waals surface area contributed by atoms with Gasteiger partial charge in [0, 0.05) is 56.7 Å². The van der Waals surface area contributed by atoms with Crippen molar-refractivity contribution in [3.8, 4) is 16.7 Å². The third-order valence-corrected chi connectivity index (χ3v) is 7.66. The second-order valence-corrected chi connectivity index (χ2v) is 11.2. The average Bonchev–Trinajstić information content (AvgIpc) is 3.73. The third kappa shape index (κ3) is 8.99. The predicted molar refractivity (Wildman–Crippen MR) is 157 cm³/mol. The Kier molecular flexibility index (Phi) is 10.2. The summed E-state index contributed by atoms with van der Waals surface area (Å²) < 4.78 is 16.9. The summed E-state index contributed by atoms with van der Waals surface area (Å²) in [6, 6.07) is 8.43. The zero-order valence-corrected chi connectivity index (χ0v) is 24.1. The molecule has 0 radical (unpaired) electrons. The maximum atomic E-state index is 12.6. The molecule has 0 atom stereocenters. The zero-order valence-electron chi connectivity index (χ0n) is 22.5. The number of benzene rings is 1. The van der Waals surface area contributed by atoms with Gasteiger partial charge in [0.1, 0.15) is 17.2 Å². The van der Waals surface area contributed by atoms with Gasteiger partial charge in [-0.15, -0.1) is 0 Å². The minimum atomic E-state index is -0.310. The van der Waals surface area contributed by atoms with Crippen molar-refractivity contribution in [2.24, 2.45) is 5.92 Å². The van der Waals surface area contributed by atoms with E-state index in [1.165, 1.54) is 36.4 Å². The lowest BCUT2D eigenvalue weighted by molar-refractivity contribution is 0.0383. The quantitative estimate of drug-likeness (QED) is 0.300. The van der Waals surface area contributed by atoms with Gasteiger partial charge in [0.05, 0.1) is 29.7 Å². The number of halogens is 1. The van der Waals surface area contributed by atoms with Crippen molar-refractivity contribution < 1.29 is 23.8 Å². The molecule has 0 bridgehead atoms. The lowest BCUT2D eigenvalue weighted by Gasteiger charge is -2.26. The first-order valence-electron chi connectivity index (χ1n) is 13.6. The van der Waals surface area contributed by atoms with Crippen LogP contribution in [0.1, 0.15) is 38.6 Å². The van der Waals surface area contributed by atoms with E-state index in [0.29, 0.717) is 53.8 Å². The lowest BCUT2D eigenvalue weighted by Crippen LogP contribution is -2.41. The van der Waals surface area contributed by atoms with Gasteiger partial charge in [-0.05, 0) is 49.1 Å². The van der Waals surface area contributed by atoms with E-state index in [1.807, 2.05) is 18.2 Å². The smallest absolute Gasteiger partial charge is 0.279 e. The number of nitrogens with one attached hydrogen (secondary N) is 2. The van der Waals surface area contributed by atoms with E-state index in [0.717, 1.165) is 36.9 Å². The van der Waals surface area contributed by atoms with Gasteiger partial charge < -0.3 is 24.8 Å². The van der Waals surface area contributed by atoms with Crippen molar-refractivity contribution in [2.75, 3.05) is 52.5 Å². The molecule has 2 aromatic heterocycles. The second-order valence-electron chi connectivity index (χ2n) is 9.73. The van der Waals surface area contributed by atoms with Crippen LogP contribution >= 0.6 is 22.9 Å². The number of hydrogen-bond acceptors (Lipinski definition) is 9. The standard InChI is InChI=1S/C29H32ClN5O5S/c30-24-17-22(39-19-20-3-4-20)5-6-26(24)40-29-34-18-23(41-29)2-1-8-32-27(36)21-7-9-31-25(16-21)28(37)33-10-11-35-12-14-38-15-13-35/h1-2,5-7,9,16-18,20H,3-4,8,10-15,19H2,(H,32,36)(H,33,37)/b2-1+. The van der Waals surface area contributed by atoms with Crippen LogP contribution in [-0.4, -0.2) is 79.2 Å². The fraction of sp³-hybridized carbons (Fsp3) is 0.379. The Bertz CT molecular complexity index is 1370. The Morgan fingerprint density at radius 1 is 1.12 bits per heavy atom. The molecule has 1 aromatic carbocycles. The first-order chi connectivity index (χ1) is 20.0. The molecule has 2 fully saturated rings. The lowest BCUT2D eigenvalue weighted by atomic mass is 10.2. The summed E-state index contributed by atoms with van der Waals surface area (Å²) in [6.45, 7) is 5.39. The fourth-order valence-corrected chi connectivity index (χ4v) is 4.93. The largest absolute Gasteiger partial charge is 0.493 e. The van der Waals surface area contributed by atoms with Crippen LogP contribution in [0.3, 0.4) is 0 Å². The number of pyridine rings is 1. The average molecular weight is 598 g/mol. The SMILES string of the molecule is O=C(NC/C=C/c1cnc(Oc2ccc(OCC3CC3)cc2Cl)s1)c1ccnc(C(=O)NCCN2CCOCC2)c1. The van der Waals surface area contributed by atoms with E-state index in [2.05, 4.69) is 25.5 Å². The minimum Gasteiger partial charge on any atom is -0.493 e. The summed E-state index contributed by atoms with van der Waals surface area (Å²) in [6.07, 6.45) is 9.26. The highest BCUT2D eigenvalue weighted by molar-refractivity contribution is 7.14. The summed E-state index contributed by atoms with van der Waals surface area (Å²) >= 11 is 7.72. The third-order valence-electron chi connectivity index (χ3n) is 6.52. The van der Waals surface area contributed by atoms with E-state index in [1.54, 1.807) is 24.4 Å². The molecule has 1 saturated heterocycles. The number of amides is 2. The molecule has 5 rings (SSSR count). The van der Waals surface area contributed by atoms with Crippen LogP contribution in [0.4, 0.5) is 0 Å². The van der Waals surface area contributed by atoms with Gasteiger partial charge in [0.15, 0.2) is 0 Å². The molecule has 10 nitrogen and oxygen atoms in total. The number of carbonyl (C=O) groups excluding carboxylic acids is 2. The molecular weight excluding hydrogens is 566 g/mol. The minimum absolute atomic E-state index is 0.202. The molecule has 2 aliphatic rings. The van der Waals surface area contributed by atoms with Gasteiger partial charge in [-0.1, -0.05) is 29.0 Å². The number of rotatable bonds is 13. The summed E-state index contributed by atoms with van der Waals surface area (Å²) in [5.74, 6) is 1.29. The van der Waals surface area contributed by atoms with Gasteiger partial charge in [-0.25, -0.2) is 4.98 Å². The molecule has 1 aliphatic carbocycles. The Morgan fingerprint density at radius 3 is 2.78 bits per heavy atom. The van der Waals surface area contributed by atoms with Crippen molar-refractivity contribution in [1.29, 1.82) is 0 Å². The Labute approximate surface area is 247 Å². The molecule has 3 aromatic rings. The molecule has 0 unspecified atom stereocenters. The van der Waals surface area contributed by atoms with Gasteiger partial charge in [0.2, 0.25) is 0 Å². The molecule has 216 valence electrons. The molecule has 2 N–H and O–H groups in total. The molecule has 2 amide bonds. The highest BCUT2D eigenvalue weighted by atomic mass is 35.5. The van der Waals surface area contributed by atoms with E-state index in [-0.39, 0.29) is 17.5 Å². The summed E-state index contributed by atoms with van der Waals surface area (Å²) in [7, 11) is 0. The highest BCUT2D eigenvalue weighted by Gasteiger charge is 2.22. The Balaban J connectivity index is 1.05. The number of aromatic nitrogens is 2. The molecule has 41 heavy (non-hydrogen) atoms. The number of ether oxygens (including phenoxy) is 3. The second kappa shape index (κ2) is 14.4. The van der Waals surface area contributed by atoms with Crippen LogP contribution in [0.15, 0.2) is 48.8 Å². The predicted octanol–water partition coefficient (Wildman–Crippen LogP) is 4.28. The van der Waals surface area contributed by atoms with Crippen LogP contribution in [-0.2, 0) is 4.74 Å². The molecule has 1 aliphatic heterocycles. The Morgan fingerprint density at radius 2 is 1.98 bits per heavy atom. The van der Waals surface area contributed by atoms with Crippen molar-refractivity contribution in [3.63, 3.8) is 0 Å². The first kappa shape index (κ1) is 29.0. The van der Waals surface area contributed by atoms with Crippen molar-refractivity contribution in [3.05, 3.63) is 70.0 Å². The van der Waals surface area contributed by atoms with Crippen LogP contribution in [0, 0.1) is 5.92 Å². The monoisotopic (exact) mass is 597 g/mol. The first-order valence-corrected chi connectivity index (χ1v) is 14.8. The maximum absolute atomic E-state index is 12.6. The van der Waals surface area contributed by atoms with Gasteiger partial charge >= 0.3 is 0 Å². The number of thiazole rings is 1. The molecule has 0 spiro atoms. The number of morpholine rings is 1. The van der Waals surface area contributed by atoms with Crippen molar-refractivity contribution in [2.45, 2.75) is 12.8 Å².